The first-order valence-electron chi connectivity index (χ1n) is 6.37. The second-order valence-corrected chi connectivity index (χ2v) is 4.43. The van der Waals surface area contributed by atoms with E-state index >= 15 is 0 Å². The van der Waals surface area contributed by atoms with E-state index in [1.54, 1.807) is 19.1 Å². The third kappa shape index (κ3) is 2.75. The zero-order chi connectivity index (χ0) is 13.8. The molecule has 0 N–H and O–H groups in total. The van der Waals surface area contributed by atoms with Gasteiger partial charge in [-0.15, -0.1) is 0 Å². The van der Waals surface area contributed by atoms with Crippen LogP contribution in [0.15, 0.2) is 18.2 Å². The van der Waals surface area contributed by atoms with Gasteiger partial charge in [-0.1, -0.05) is 13.0 Å². The van der Waals surface area contributed by atoms with Gasteiger partial charge in [-0.3, -0.25) is 0 Å². The van der Waals surface area contributed by atoms with E-state index in [0.717, 1.165) is 18.5 Å². The lowest BCUT2D eigenvalue weighted by Crippen LogP contribution is -2.24. The van der Waals surface area contributed by atoms with Crippen molar-refractivity contribution in [2.24, 2.45) is 0 Å². The zero-order valence-corrected chi connectivity index (χ0v) is 11.5. The van der Waals surface area contributed by atoms with Gasteiger partial charge in [0.05, 0.1) is 20.8 Å². The van der Waals surface area contributed by atoms with Crippen molar-refractivity contribution in [2.45, 2.75) is 19.4 Å². The molecule has 1 heterocycles. The Bertz CT molecular complexity index is 461. The van der Waals surface area contributed by atoms with Crippen LogP contribution in [0, 0.1) is 0 Å². The second-order valence-electron chi connectivity index (χ2n) is 4.43. The lowest BCUT2D eigenvalue weighted by molar-refractivity contribution is 0.132. The summed E-state index contributed by atoms with van der Waals surface area (Å²) < 4.78 is 15.8. The molecule has 1 atom stereocenters. The highest BCUT2D eigenvalue weighted by Gasteiger charge is 2.32. The average molecular weight is 265 g/mol. The number of ether oxygens (including phenoxy) is 3. The maximum absolute atomic E-state index is 11.7. The van der Waals surface area contributed by atoms with Crippen LogP contribution in [0.3, 0.4) is 0 Å². The molecule has 1 aromatic rings. The molecule has 5 heteroatoms. The molecule has 0 aromatic heterocycles. The summed E-state index contributed by atoms with van der Waals surface area (Å²) in [7, 11) is 3.18. The van der Waals surface area contributed by atoms with Crippen molar-refractivity contribution in [3.63, 3.8) is 0 Å². The molecule has 104 valence electrons. The monoisotopic (exact) mass is 265 g/mol. The van der Waals surface area contributed by atoms with Crippen LogP contribution < -0.4 is 9.47 Å². The highest BCUT2D eigenvalue weighted by molar-refractivity contribution is 5.70. The quantitative estimate of drug-likeness (QED) is 0.821. The predicted octanol–water partition coefficient (Wildman–Crippen LogP) is 2.61. The van der Waals surface area contributed by atoms with E-state index in [9.17, 15) is 4.79 Å². The van der Waals surface area contributed by atoms with Gasteiger partial charge in [-0.05, 0) is 24.1 Å². The van der Waals surface area contributed by atoms with E-state index < -0.39 is 0 Å². The highest BCUT2D eigenvalue weighted by Crippen LogP contribution is 2.33. The van der Waals surface area contributed by atoms with Gasteiger partial charge in [-0.2, -0.15) is 0 Å². The van der Waals surface area contributed by atoms with Crippen LogP contribution in [-0.4, -0.2) is 38.3 Å². The standard InChI is InChI=1S/C14H19NO4/c1-4-7-15-9-13(19-14(15)16)10-5-6-11(17-2)12(8-10)18-3/h5-6,8,13H,4,7,9H2,1-3H3. The van der Waals surface area contributed by atoms with Gasteiger partial charge in [0, 0.05) is 6.54 Å². The summed E-state index contributed by atoms with van der Waals surface area (Å²) in [5.41, 5.74) is 0.921. The van der Waals surface area contributed by atoms with Crippen molar-refractivity contribution in [2.75, 3.05) is 27.3 Å². The van der Waals surface area contributed by atoms with E-state index in [4.69, 9.17) is 14.2 Å². The number of carbonyl (C=O) groups is 1. The van der Waals surface area contributed by atoms with Gasteiger partial charge in [0.25, 0.3) is 0 Å². The molecule has 1 amide bonds. The summed E-state index contributed by atoms with van der Waals surface area (Å²) in [6.45, 7) is 3.35. The van der Waals surface area contributed by atoms with E-state index in [-0.39, 0.29) is 12.2 Å². The minimum atomic E-state index is -0.248. The van der Waals surface area contributed by atoms with Crippen molar-refractivity contribution in [1.82, 2.24) is 4.90 Å². The number of methoxy groups -OCH3 is 2. The molecule has 0 spiro atoms. The third-order valence-corrected chi connectivity index (χ3v) is 3.16. The topological polar surface area (TPSA) is 48.0 Å². The number of carbonyl (C=O) groups excluding carboxylic acids is 1. The van der Waals surface area contributed by atoms with E-state index in [1.807, 2.05) is 25.1 Å². The minimum absolute atomic E-state index is 0.237. The molecular weight excluding hydrogens is 246 g/mol. The molecule has 1 fully saturated rings. The number of amides is 1. The fourth-order valence-electron chi connectivity index (χ4n) is 2.19. The molecule has 0 aliphatic carbocycles. The fraction of sp³-hybridized carbons (Fsp3) is 0.500. The molecule has 1 saturated heterocycles. The van der Waals surface area contributed by atoms with Crippen LogP contribution in [0.1, 0.15) is 25.0 Å². The van der Waals surface area contributed by atoms with Crippen LogP contribution in [0.25, 0.3) is 0 Å². The minimum Gasteiger partial charge on any atom is -0.493 e. The Morgan fingerprint density at radius 3 is 2.68 bits per heavy atom. The van der Waals surface area contributed by atoms with Crippen molar-refractivity contribution < 1.29 is 19.0 Å². The number of benzene rings is 1. The van der Waals surface area contributed by atoms with Gasteiger partial charge < -0.3 is 19.1 Å². The molecule has 1 aromatic carbocycles. The Labute approximate surface area is 113 Å². The Hall–Kier alpha value is -1.91. The Morgan fingerprint density at radius 2 is 2.05 bits per heavy atom. The number of cyclic esters (lactones) is 1. The molecule has 0 radical (unpaired) electrons. The first-order valence-corrected chi connectivity index (χ1v) is 6.37. The first-order chi connectivity index (χ1) is 9.19. The van der Waals surface area contributed by atoms with Crippen LogP contribution in [0.5, 0.6) is 11.5 Å². The molecule has 0 saturated carbocycles. The van der Waals surface area contributed by atoms with Crippen LogP contribution in [0.2, 0.25) is 0 Å². The molecular formula is C14H19NO4. The van der Waals surface area contributed by atoms with Gasteiger partial charge in [-0.25, -0.2) is 4.79 Å². The lowest BCUT2D eigenvalue weighted by atomic mass is 10.1. The molecule has 5 nitrogen and oxygen atoms in total. The van der Waals surface area contributed by atoms with Crippen molar-refractivity contribution in [1.29, 1.82) is 0 Å². The summed E-state index contributed by atoms with van der Waals surface area (Å²) in [6.07, 6.45) is 0.439. The van der Waals surface area contributed by atoms with Gasteiger partial charge in [0.1, 0.15) is 6.10 Å². The highest BCUT2D eigenvalue weighted by atomic mass is 16.6. The molecule has 1 aliphatic rings. The summed E-state index contributed by atoms with van der Waals surface area (Å²) in [5.74, 6) is 1.31. The molecule has 19 heavy (non-hydrogen) atoms. The normalized spacial score (nSPS) is 18.4. The second kappa shape index (κ2) is 5.82. The zero-order valence-electron chi connectivity index (χ0n) is 11.5. The van der Waals surface area contributed by atoms with Gasteiger partial charge in [0.15, 0.2) is 11.5 Å². The number of hydrogen-bond acceptors (Lipinski definition) is 4. The summed E-state index contributed by atoms with van der Waals surface area (Å²) in [6, 6.07) is 5.57. The van der Waals surface area contributed by atoms with Crippen molar-refractivity contribution in [3.05, 3.63) is 23.8 Å². The molecule has 1 aliphatic heterocycles. The van der Waals surface area contributed by atoms with Gasteiger partial charge in [0.2, 0.25) is 0 Å². The maximum Gasteiger partial charge on any atom is 0.410 e. The van der Waals surface area contributed by atoms with Crippen LogP contribution in [-0.2, 0) is 4.74 Å². The van der Waals surface area contributed by atoms with E-state index in [0.29, 0.717) is 18.0 Å². The summed E-state index contributed by atoms with van der Waals surface area (Å²) >= 11 is 0. The Balaban J connectivity index is 2.17. The predicted molar refractivity (Wildman–Crippen MR) is 70.6 cm³/mol. The molecule has 0 bridgehead atoms. The fourth-order valence-corrected chi connectivity index (χ4v) is 2.19. The average Bonchev–Trinajstić information content (AvgIpc) is 2.80. The summed E-state index contributed by atoms with van der Waals surface area (Å²) in [4.78, 5) is 13.4. The molecule has 2 rings (SSSR count). The number of rotatable bonds is 5. The third-order valence-electron chi connectivity index (χ3n) is 3.16. The number of nitrogens with zero attached hydrogens (tertiary/aromatic N) is 1. The van der Waals surface area contributed by atoms with Crippen LogP contribution in [0.4, 0.5) is 4.79 Å². The van der Waals surface area contributed by atoms with E-state index in [2.05, 4.69) is 0 Å². The van der Waals surface area contributed by atoms with Crippen molar-refractivity contribution >= 4 is 6.09 Å². The number of hydrogen-bond donors (Lipinski definition) is 0. The largest absolute Gasteiger partial charge is 0.493 e. The Morgan fingerprint density at radius 1 is 1.32 bits per heavy atom. The van der Waals surface area contributed by atoms with Crippen LogP contribution >= 0.6 is 0 Å². The lowest BCUT2D eigenvalue weighted by Gasteiger charge is -2.13. The smallest absolute Gasteiger partial charge is 0.410 e. The van der Waals surface area contributed by atoms with Gasteiger partial charge >= 0.3 is 6.09 Å². The summed E-state index contributed by atoms with van der Waals surface area (Å²) in [5, 5.41) is 0. The first kappa shape index (κ1) is 13.5. The Kier molecular flexibility index (Phi) is 4.14. The maximum atomic E-state index is 11.7. The van der Waals surface area contributed by atoms with E-state index in [1.165, 1.54) is 0 Å². The molecule has 1 unspecified atom stereocenters. The van der Waals surface area contributed by atoms with Crippen molar-refractivity contribution in [3.8, 4) is 11.5 Å². The SMILES string of the molecule is CCCN1CC(c2ccc(OC)c(OC)c2)OC1=O.